The molecule has 0 saturated carbocycles. The van der Waals surface area contributed by atoms with Gasteiger partial charge < -0.3 is 14.7 Å². The van der Waals surface area contributed by atoms with E-state index in [1.54, 1.807) is 40.5 Å². The average Bonchev–Trinajstić information content (AvgIpc) is 3.03. The van der Waals surface area contributed by atoms with Crippen LogP contribution in [-0.2, 0) is 11.2 Å². The zero-order valence-electron chi connectivity index (χ0n) is 12.3. The number of halogens is 1. The smallest absolute Gasteiger partial charge is 0.248 e. The van der Waals surface area contributed by atoms with Crippen molar-refractivity contribution in [3.8, 4) is 11.5 Å². The highest BCUT2D eigenvalue weighted by Crippen LogP contribution is 2.34. The number of phenols is 1. The Kier molecular flexibility index (Phi) is 4.88. The van der Waals surface area contributed by atoms with Crippen molar-refractivity contribution in [3.05, 3.63) is 57.8 Å². The fourth-order valence-electron chi connectivity index (χ4n) is 2.68. The summed E-state index contributed by atoms with van der Waals surface area (Å²) in [7, 11) is 0. The van der Waals surface area contributed by atoms with Crippen LogP contribution < -0.4 is 4.74 Å². The van der Waals surface area contributed by atoms with E-state index >= 15 is 0 Å². The van der Waals surface area contributed by atoms with Gasteiger partial charge in [-0.3, -0.25) is 4.79 Å². The molecule has 1 aromatic heterocycles. The Hall–Kier alpha value is -1.98. The van der Waals surface area contributed by atoms with Gasteiger partial charge >= 0.3 is 0 Å². The molecule has 0 aliphatic carbocycles. The first-order valence-electron chi connectivity index (χ1n) is 7.24. The van der Waals surface area contributed by atoms with Crippen molar-refractivity contribution in [2.24, 2.45) is 0 Å². The van der Waals surface area contributed by atoms with Crippen LogP contribution in [0.2, 0.25) is 0 Å². The molecular formula is C17H16ClNO3S. The molecule has 1 amide bonds. The quantitative estimate of drug-likeness (QED) is 0.856. The number of phenolic OH excluding ortho intramolecular Hbond substituents is 1. The number of aromatic hydroxyl groups is 1. The van der Waals surface area contributed by atoms with Crippen molar-refractivity contribution in [2.45, 2.75) is 12.5 Å². The predicted octanol–water partition coefficient (Wildman–Crippen LogP) is 3.71. The van der Waals surface area contributed by atoms with E-state index in [1.165, 1.54) is 17.2 Å². The molecule has 1 atom stereocenters. The Morgan fingerprint density at radius 2 is 2.17 bits per heavy atom. The summed E-state index contributed by atoms with van der Waals surface area (Å²) >= 11 is 7.19. The van der Waals surface area contributed by atoms with Gasteiger partial charge in [0.25, 0.3) is 0 Å². The first kappa shape index (κ1) is 15.9. The molecule has 0 saturated heterocycles. The largest absolute Gasteiger partial charge is 0.508 e. The zero-order valence-corrected chi connectivity index (χ0v) is 13.9. The van der Waals surface area contributed by atoms with Crippen LogP contribution in [0.25, 0.3) is 0 Å². The van der Waals surface area contributed by atoms with Crippen LogP contribution in [0.15, 0.2) is 47.3 Å². The van der Waals surface area contributed by atoms with Crippen LogP contribution in [0.5, 0.6) is 11.5 Å². The molecule has 6 heteroatoms. The van der Waals surface area contributed by atoms with E-state index in [1.807, 2.05) is 5.38 Å². The fraction of sp³-hybridized carbons (Fsp3) is 0.235. The summed E-state index contributed by atoms with van der Waals surface area (Å²) in [5.41, 5.74) is 2.51. The van der Waals surface area contributed by atoms with Crippen LogP contribution in [-0.4, -0.2) is 29.1 Å². The molecule has 0 fully saturated rings. The molecule has 2 heterocycles. The number of nitrogens with zero attached hydrogens (tertiary/aromatic N) is 1. The molecule has 1 N–H and O–H groups in total. The van der Waals surface area contributed by atoms with Crippen molar-refractivity contribution in [2.75, 3.05) is 13.2 Å². The third-order valence-electron chi connectivity index (χ3n) is 3.81. The second-order valence-corrected chi connectivity index (χ2v) is 6.40. The van der Waals surface area contributed by atoms with Crippen molar-refractivity contribution in [3.63, 3.8) is 0 Å². The lowest BCUT2D eigenvalue weighted by Crippen LogP contribution is -2.41. The highest BCUT2D eigenvalue weighted by atomic mass is 35.5. The first-order valence-corrected chi connectivity index (χ1v) is 8.56. The number of hydrogen-bond donors (Lipinski definition) is 1. The minimum Gasteiger partial charge on any atom is -0.508 e. The van der Waals surface area contributed by atoms with Gasteiger partial charge in [-0.2, -0.15) is 0 Å². The molecule has 2 aromatic rings. The van der Waals surface area contributed by atoms with E-state index in [-0.39, 0.29) is 17.7 Å². The maximum atomic E-state index is 12.3. The third-order valence-corrected chi connectivity index (χ3v) is 5.00. The molecular weight excluding hydrogens is 334 g/mol. The number of benzene rings is 1. The van der Waals surface area contributed by atoms with Crippen LogP contribution in [0.3, 0.4) is 0 Å². The van der Waals surface area contributed by atoms with Gasteiger partial charge in [0.05, 0.1) is 0 Å². The van der Waals surface area contributed by atoms with Crippen LogP contribution in [0.4, 0.5) is 0 Å². The fourth-order valence-corrected chi connectivity index (χ4v) is 3.84. The second kappa shape index (κ2) is 7.06. The molecule has 120 valence electrons. The van der Waals surface area contributed by atoms with Crippen LogP contribution in [0.1, 0.15) is 16.5 Å². The molecule has 1 unspecified atom stereocenters. The van der Waals surface area contributed by atoms with Crippen molar-refractivity contribution >= 4 is 28.8 Å². The molecule has 1 aliphatic heterocycles. The van der Waals surface area contributed by atoms with Gasteiger partial charge in [-0.25, -0.2) is 0 Å². The van der Waals surface area contributed by atoms with Gasteiger partial charge in [0.15, 0.2) is 0 Å². The second-order valence-electron chi connectivity index (χ2n) is 5.21. The number of carbonyl (C=O) groups is 1. The average molecular weight is 350 g/mol. The maximum absolute atomic E-state index is 12.3. The molecule has 23 heavy (non-hydrogen) atoms. The lowest BCUT2D eigenvalue weighted by Gasteiger charge is -2.34. The molecule has 0 radical (unpaired) electrons. The lowest BCUT2D eigenvalue weighted by molar-refractivity contribution is -0.129. The van der Waals surface area contributed by atoms with E-state index in [2.05, 4.69) is 6.07 Å². The lowest BCUT2D eigenvalue weighted by atomic mass is 10.0. The minimum atomic E-state index is -0.132. The van der Waals surface area contributed by atoms with E-state index in [4.69, 9.17) is 16.3 Å². The zero-order chi connectivity index (χ0) is 16.2. The van der Waals surface area contributed by atoms with Gasteiger partial charge in [0, 0.05) is 23.0 Å². The van der Waals surface area contributed by atoms with Gasteiger partial charge in [-0.1, -0.05) is 11.6 Å². The minimum absolute atomic E-state index is 0.113. The number of carbonyl (C=O) groups excluding carboxylic acids is 1. The van der Waals surface area contributed by atoms with Crippen molar-refractivity contribution in [1.29, 1.82) is 0 Å². The summed E-state index contributed by atoms with van der Waals surface area (Å²) < 4.78 is 5.83. The van der Waals surface area contributed by atoms with Gasteiger partial charge in [-0.15, -0.1) is 11.3 Å². The number of hydrogen-bond acceptors (Lipinski definition) is 4. The Labute approximate surface area is 143 Å². The number of fused-ring (bicyclic) bond motifs is 1. The van der Waals surface area contributed by atoms with Crippen LogP contribution in [0, 0.1) is 0 Å². The van der Waals surface area contributed by atoms with Gasteiger partial charge in [0.2, 0.25) is 5.91 Å². The normalized spacial score (nSPS) is 17.3. The number of rotatable bonds is 4. The molecule has 4 nitrogen and oxygen atoms in total. The summed E-state index contributed by atoms with van der Waals surface area (Å²) in [6.07, 6.45) is 2.21. The number of thiophene rings is 1. The highest BCUT2D eigenvalue weighted by molar-refractivity contribution is 7.10. The molecule has 3 rings (SSSR count). The van der Waals surface area contributed by atoms with Crippen molar-refractivity contribution in [1.82, 2.24) is 4.90 Å². The molecule has 1 aromatic carbocycles. The summed E-state index contributed by atoms with van der Waals surface area (Å²) in [6.45, 7) is 1.01. The molecule has 1 aliphatic rings. The summed E-state index contributed by atoms with van der Waals surface area (Å²) in [5, 5.41) is 11.4. The maximum Gasteiger partial charge on any atom is 0.248 e. The van der Waals surface area contributed by atoms with Crippen molar-refractivity contribution < 1.29 is 14.6 Å². The Balaban J connectivity index is 1.80. The topological polar surface area (TPSA) is 49.8 Å². The highest BCUT2D eigenvalue weighted by Gasteiger charge is 2.31. The Morgan fingerprint density at radius 3 is 2.91 bits per heavy atom. The Bertz CT molecular complexity index is 711. The number of amides is 1. The van der Waals surface area contributed by atoms with Crippen LogP contribution >= 0.6 is 22.9 Å². The third kappa shape index (κ3) is 3.51. The van der Waals surface area contributed by atoms with Gasteiger partial charge in [-0.05, 0) is 47.7 Å². The first-order chi connectivity index (χ1) is 11.2. The van der Waals surface area contributed by atoms with Gasteiger partial charge in [0.1, 0.15) is 24.1 Å². The number of ether oxygens (including phenoxy) is 1. The van der Waals surface area contributed by atoms with E-state index in [0.29, 0.717) is 18.9 Å². The standard InChI is InChI=1S/C17H16ClNO3S/c18-8-5-16(21)19-9-6-12-7-10-23-17(12)15(19)11-22-14-3-1-13(20)2-4-14/h1-5,7-8,10,15,20H,6,9,11H2/b8-5+. The SMILES string of the molecule is O=C(/C=C/Cl)N1CCc2ccsc2C1COc1ccc(O)cc1. The predicted molar refractivity (Wildman–Crippen MR) is 91.1 cm³/mol. The summed E-state index contributed by atoms with van der Waals surface area (Å²) in [5.74, 6) is 0.740. The van der Waals surface area contributed by atoms with E-state index < -0.39 is 0 Å². The summed E-state index contributed by atoms with van der Waals surface area (Å²) in [6, 6.07) is 8.54. The summed E-state index contributed by atoms with van der Waals surface area (Å²) in [4.78, 5) is 15.2. The van der Waals surface area contributed by atoms with E-state index in [0.717, 1.165) is 11.3 Å². The van der Waals surface area contributed by atoms with E-state index in [9.17, 15) is 9.90 Å². The molecule has 0 spiro atoms. The Morgan fingerprint density at radius 1 is 1.39 bits per heavy atom. The molecule has 0 bridgehead atoms. The monoisotopic (exact) mass is 349 g/mol.